The Kier molecular flexibility index (Phi) is 3.92. The van der Waals surface area contributed by atoms with Crippen molar-refractivity contribution in [3.8, 4) is 0 Å². The molecule has 0 spiro atoms. The van der Waals surface area contributed by atoms with Gasteiger partial charge >= 0.3 is 0 Å². The second-order valence-corrected chi connectivity index (χ2v) is 5.78. The Hall–Kier alpha value is -1.07. The molecule has 0 bridgehead atoms. The van der Waals surface area contributed by atoms with E-state index in [0.717, 1.165) is 0 Å². The second kappa shape index (κ2) is 5.28. The van der Waals surface area contributed by atoms with Crippen molar-refractivity contribution in [2.24, 2.45) is 0 Å². The molecule has 18 heavy (non-hydrogen) atoms. The maximum atomic E-state index is 11.9. The lowest BCUT2D eigenvalue weighted by Crippen LogP contribution is -2.28. The van der Waals surface area contributed by atoms with E-state index < -0.39 is 0 Å². The van der Waals surface area contributed by atoms with Crippen LogP contribution >= 0.6 is 27.5 Å². The molecule has 0 saturated carbocycles. The predicted octanol–water partition coefficient (Wildman–Crippen LogP) is 2.20. The van der Waals surface area contributed by atoms with Gasteiger partial charge in [0.15, 0.2) is 0 Å². The number of nitrogens with zero attached hydrogens (tertiary/aromatic N) is 1. The number of carbonyl (C=O) groups is 2. The van der Waals surface area contributed by atoms with E-state index in [1.54, 1.807) is 30.1 Å². The summed E-state index contributed by atoms with van der Waals surface area (Å²) in [6.45, 7) is 0.545. The first kappa shape index (κ1) is 13.4. The fraction of sp³-hybridized carbons (Fsp3) is 0.333. The SMILES string of the molecule is CNC(=O)c1ccc(Cl)cc1N1CC(Br)CC1=O. The Morgan fingerprint density at radius 2 is 2.28 bits per heavy atom. The zero-order valence-corrected chi connectivity index (χ0v) is 12.1. The van der Waals surface area contributed by atoms with Gasteiger partial charge in [-0.3, -0.25) is 9.59 Å². The van der Waals surface area contributed by atoms with Gasteiger partial charge in [-0.25, -0.2) is 0 Å². The van der Waals surface area contributed by atoms with Gasteiger partial charge in [-0.2, -0.15) is 0 Å². The molecule has 1 N–H and O–H groups in total. The number of carbonyl (C=O) groups excluding carboxylic acids is 2. The topological polar surface area (TPSA) is 49.4 Å². The first-order valence-corrected chi connectivity index (χ1v) is 6.78. The predicted molar refractivity (Wildman–Crippen MR) is 74.5 cm³/mol. The van der Waals surface area contributed by atoms with E-state index in [-0.39, 0.29) is 16.6 Å². The molecular formula is C12H12BrClN2O2. The Morgan fingerprint density at radius 1 is 1.56 bits per heavy atom. The molecule has 1 heterocycles. The molecule has 96 valence electrons. The van der Waals surface area contributed by atoms with Crippen molar-refractivity contribution in [1.29, 1.82) is 0 Å². The van der Waals surface area contributed by atoms with Gasteiger partial charge in [0.25, 0.3) is 5.91 Å². The highest BCUT2D eigenvalue weighted by Crippen LogP contribution is 2.30. The van der Waals surface area contributed by atoms with Crippen molar-refractivity contribution in [2.75, 3.05) is 18.5 Å². The van der Waals surface area contributed by atoms with Crippen LogP contribution in [0.25, 0.3) is 0 Å². The quantitative estimate of drug-likeness (QED) is 0.845. The van der Waals surface area contributed by atoms with Crippen LogP contribution in [-0.4, -0.2) is 30.2 Å². The lowest BCUT2D eigenvalue weighted by molar-refractivity contribution is -0.117. The van der Waals surface area contributed by atoms with Gasteiger partial charge < -0.3 is 10.2 Å². The molecule has 1 atom stereocenters. The fourth-order valence-electron chi connectivity index (χ4n) is 1.95. The van der Waals surface area contributed by atoms with Gasteiger partial charge in [-0.1, -0.05) is 27.5 Å². The van der Waals surface area contributed by atoms with Crippen LogP contribution in [0.15, 0.2) is 18.2 Å². The summed E-state index contributed by atoms with van der Waals surface area (Å²) in [5.41, 5.74) is 1.02. The normalized spacial score (nSPS) is 19.2. The molecule has 0 aliphatic carbocycles. The minimum atomic E-state index is -0.229. The largest absolute Gasteiger partial charge is 0.355 e. The summed E-state index contributed by atoms with van der Waals surface area (Å²) in [5, 5.41) is 3.06. The first-order chi connectivity index (χ1) is 8.52. The van der Waals surface area contributed by atoms with Gasteiger partial charge in [0.2, 0.25) is 5.91 Å². The average Bonchev–Trinajstić information content (AvgIpc) is 2.67. The third-order valence-electron chi connectivity index (χ3n) is 2.80. The molecule has 0 aromatic heterocycles. The molecule has 0 radical (unpaired) electrons. The molecule has 4 nitrogen and oxygen atoms in total. The molecule has 1 fully saturated rings. The standard InChI is InChI=1S/C12H12BrClN2O2/c1-15-12(18)9-3-2-8(14)5-10(9)16-6-7(13)4-11(16)17/h2-3,5,7H,4,6H2,1H3,(H,15,18). The Morgan fingerprint density at radius 3 is 2.83 bits per heavy atom. The zero-order chi connectivity index (χ0) is 13.3. The minimum Gasteiger partial charge on any atom is -0.355 e. The summed E-state index contributed by atoms with van der Waals surface area (Å²) in [4.78, 5) is 25.4. The third-order valence-corrected chi connectivity index (χ3v) is 3.65. The number of rotatable bonds is 2. The van der Waals surface area contributed by atoms with Crippen LogP contribution in [0.3, 0.4) is 0 Å². The van der Waals surface area contributed by atoms with Crippen molar-refractivity contribution in [1.82, 2.24) is 5.32 Å². The van der Waals surface area contributed by atoms with E-state index in [4.69, 9.17) is 11.6 Å². The number of nitrogens with one attached hydrogen (secondary N) is 1. The third kappa shape index (κ3) is 2.52. The number of amides is 2. The van der Waals surface area contributed by atoms with E-state index in [9.17, 15) is 9.59 Å². The second-order valence-electron chi connectivity index (χ2n) is 4.05. The number of benzene rings is 1. The highest BCUT2D eigenvalue weighted by molar-refractivity contribution is 9.09. The van der Waals surface area contributed by atoms with Crippen molar-refractivity contribution in [3.05, 3.63) is 28.8 Å². The van der Waals surface area contributed by atoms with Gasteiger partial charge in [0.05, 0.1) is 11.3 Å². The van der Waals surface area contributed by atoms with Crippen LogP contribution in [0.2, 0.25) is 5.02 Å². The Labute approximate surface area is 118 Å². The lowest BCUT2D eigenvalue weighted by atomic mass is 10.1. The Bertz CT molecular complexity index is 507. The van der Waals surface area contributed by atoms with E-state index >= 15 is 0 Å². The molecule has 1 aromatic carbocycles. The van der Waals surface area contributed by atoms with Crippen LogP contribution in [0, 0.1) is 0 Å². The van der Waals surface area contributed by atoms with Gasteiger partial charge in [-0.15, -0.1) is 0 Å². The summed E-state index contributed by atoms with van der Waals surface area (Å²) in [6.07, 6.45) is 0.430. The molecule has 1 aromatic rings. The number of hydrogen-bond acceptors (Lipinski definition) is 2. The van der Waals surface area contributed by atoms with Gasteiger partial charge in [-0.05, 0) is 18.2 Å². The van der Waals surface area contributed by atoms with E-state index in [1.807, 2.05) is 0 Å². The summed E-state index contributed by atoms with van der Waals surface area (Å²) in [7, 11) is 1.56. The first-order valence-electron chi connectivity index (χ1n) is 5.49. The summed E-state index contributed by atoms with van der Waals surface area (Å²) >= 11 is 9.36. The van der Waals surface area contributed by atoms with Crippen LogP contribution in [0.1, 0.15) is 16.8 Å². The van der Waals surface area contributed by atoms with Crippen LogP contribution in [-0.2, 0) is 4.79 Å². The zero-order valence-electron chi connectivity index (χ0n) is 9.74. The van der Waals surface area contributed by atoms with E-state index in [2.05, 4.69) is 21.2 Å². The molecule has 2 rings (SSSR count). The van der Waals surface area contributed by atoms with E-state index in [0.29, 0.717) is 29.2 Å². The van der Waals surface area contributed by atoms with Crippen molar-refractivity contribution >= 4 is 45.0 Å². The maximum Gasteiger partial charge on any atom is 0.253 e. The monoisotopic (exact) mass is 330 g/mol. The van der Waals surface area contributed by atoms with Crippen molar-refractivity contribution in [2.45, 2.75) is 11.2 Å². The average molecular weight is 332 g/mol. The van der Waals surface area contributed by atoms with Crippen LogP contribution in [0.4, 0.5) is 5.69 Å². The molecule has 1 unspecified atom stereocenters. The molecule has 1 saturated heterocycles. The lowest BCUT2D eigenvalue weighted by Gasteiger charge is -2.19. The highest BCUT2D eigenvalue weighted by Gasteiger charge is 2.31. The smallest absolute Gasteiger partial charge is 0.253 e. The number of anilines is 1. The molecule has 2 amide bonds. The summed E-state index contributed by atoms with van der Waals surface area (Å²) in [6, 6.07) is 4.92. The van der Waals surface area contributed by atoms with Crippen LogP contribution in [0.5, 0.6) is 0 Å². The number of alkyl halides is 1. The van der Waals surface area contributed by atoms with Crippen molar-refractivity contribution in [3.63, 3.8) is 0 Å². The minimum absolute atomic E-state index is 0.00991. The van der Waals surface area contributed by atoms with Gasteiger partial charge in [0, 0.05) is 29.9 Å². The summed E-state index contributed by atoms with van der Waals surface area (Å²) in [5.74, 6) is -0.239. The number of hydrogen-bond donors (Lipinski definition) is 1. The maximum absolute atomic E-state index is 11.9. The summed E-state index contributed by atoms with van der Waals surface area (Å²) < 4.78 is 0. The van der Waals surface area contributed by atoms with Gasteiger partial charge in [0.1, 0.15) is 0 Å². The molecule has 1 aliphatic heterocycles. The van der Waals surface area contributed by atoms with E-state index in [1.165, 1.54) is 0 Å². The van der Waals surface area contributed by atoms with Crippen molar-refractivity contribution < 1.29 is 9.59 Å². The van der Waals surface area contributed by atoms with Crippen LogP contribution < -0.4 is 10.2 Å². The molecule has 1 aliphatic rings. The number of halogens is 2. The molecular weight excluding hydrogens is 320 g/mol. The fourth-order valence-corrected chi connectivity index (χ4v) is 2.68. The Balaban J connectivity index is 2.45. The highest BCUT2D eigenvalue weighted by atomic mass is 79.9. The molecule has 6 heteroatoms.